The van der Waals surface area contributed by atoms with Crippen molar-refractivity contribution in [3.05, 3.63) is 0 Å². The van der Waals surface area contributed by atoms with Gasteiger partial charge in [0.05, 0.1) is 11.7 Å². The molecule has 0 radical (unpaired) electrons. The topological polar surface area (TPSA) is 80.9 Å². The summed E-state index contributed by atoms with van der Waals surface area (Å²) >= 11 is 0. The van der Waals surface area contributed by atoms with Gasteiger partial charge in [0.25, 0.3) is 0 Å². The molecule has 2 aliphatic rings. The van der Waals surface area contributed by atoms with Crippen LogP contribution in [0.15, 0.2) is 0 Å². The van der Waals surface area contributed by atoms with Gasteiger partial charge in [0.2, 0.25) is 0 Å². The van der Waals surface area contributed by atoms with Gasteiger partial charge in [0.15, 0.2) is 0 Å². The molecule has 8 atom stereocenters. The molecule has 4 N–H and O–H groups in total. The van der Waals surface area contributed by atoms with E-state index in [1.807, 2.05) is 0 Å². The predicted octanol–water partition coefficient (Wildman–Crippen LogP) is 2.72. The maximum atomic E-state index is 11.1. The third-order valence-electron chi connectivity index (χ3n) is 8.16. The maximum Gasteiger partial charge on any atom is 0.109 e. The summed E-state index contributed by atoms with van der Waals surface area (Å²) in [5.41, 5.74) is -1.62. The second-order valence-electron chi connectivity index (χ2n) is 9.47. The Bertz CT molecular complexity index is 437. The first-order valence-electron chi connectivity index (χ1n) is 9.70. The van der Waals surface area contributed by atoms with Crippen molar-refractivity contribution < 1.29 is 20.4 Å². The molecule has 0 unspecified atom stereocenters. The second kappa shape index (κ2) is 6.86. The highest BCUT2D eigenvalue weighted by Crippen LogP contribution is 2.64. The summed E-state index contributed by atoms with van der Waals surface area (Å²) in [5.74, 6) is 1.19. The minimum absolute atomic E-state index is 0.0296. The van der Waals surface area contributed by atoms with Gasteiger partial charge < -0.3 is 20.4 Å². The zero-order valence-corrected chi connectivity index (χ0v) is 16.1. The molecule has 0 aromatic heterocycles. The van der Waals surface area contributed by atoms with E-state index in [1.54, 1.807) is 6.92 Å². The molecule has 0 aliphatic heterocycles. The lowest BCUT2D eigenvalue weighted by Gasteiger charge is -2.64. The Morgan fingerprint density at radius 2 is 1.75 bits per heavy atom. The average Bonchev–Trinajstić information content (AvgIpc) is 2.51. The molecule has 0 aromatic rings. The van der Waals surface area contributed by atoms with E-state index in [2.05, 4.69) is 27.7 Å². The molecular formula is C20H38O4. The molecule has 2 fully saturated rings. The smallest absolute Gasteiger partial charge is 0.109 e. The Labute approximate surface area is 147 Å². The third-order valence-corrected chi connectivity index (χ3v) is 8.16. The first-order chi connectivity index (χ1) is 11.0. The summed E-state index contributed by atoms with van der Waals surface area (Å²) in [5, 5.41) is 41.1. The van der Waals surface area contributed by atoms with Crippen LogP contribution in [-0.2, 0) is 0 Å². The molecule has 4 heteroatoms. The van der Waals surface area contributed by atoms with Gasteiger partial charge in [-0.15, -0.1) is 0 Å². The predicted molar refractivity (Wildman–Crippen MR) is 95.5 cm³/mol. The van der Waals surface area contributed by atoms with Crippen molar-refractivity contribution in [2.45, 2.75) is 91.0 Å². The van der Waals surface area contributed by atoms with Crippen LogP contribution in [0.3, 0.4) is 0 Å². The molecule has 0 saturated heterocycles. The highest BCUT2D eigenvalue weighted by molar-refractivity contribution is 5.14. The van der Waals surface area contributed by atoms with E-state index in [1.165, 1.54) is 0 Å². The van der Waals surface area contributed by atoms with Crippen molar-refractivity contribution in [2.75, 3.05) is 6.61 Å². The van der Waals surface area contributed by atoms with E-state index in [9.17, 15) is 15.3 Å². The van der Waals surface area contributed by atoms with E-state index in [0.717, 1.165) is 32.1 Å². The molecular weight excluding hydrogens is 304 g/mol. The number of aliphatic hydroxyl groups is 4. The van der Waals surface area contributed by atoms with E-state index in [4.69, 9.17) is 5.11 Å². The van der Waals surface area contributed by atoms with Crippen molar-refractivity contribution in [3.8, 4) is 0 Å². The summed E-state index contributed by atoms with van der Waals surface area (Å²) in [7, 11) is 0. The van der Waals surface area contributed by atoms with Crippen LogP contribution in [0.4, 0.5) is 0 Å². The van der Waals surface area contributed by atoms with E-state index >= 15 is 0 Å². The van der Waals surface area contributed by atoms with Crippen LogP contribution >= 0.6 is 0 Å². The molecule has 0 spiro atoms. The summed E-state index contributed by atoms with van der Waals surface area (Å²) in [6.45, 7) is 10.8. The number of aliphatic hydroxyl groups excluding tert-OH is 3. The maximum absolute atomic E-state index is 11.1. The van der Waals surface area contributed by atoms with Crippen molar-refractivity contribution >= 4 is 0 Å². The van der Waals surface area contributed by atoms with Crippen LogP contribution in [-0.4, -0.2) is 44.8 Å². The van der Waals surface area contributed by atoms with Gasteiger partial charge in [0.1, 0.15) is 6.10 Å². The Morgan fingerprint density at radius 3 is 2.33 bits per heavy atom. The normalized spacial score (nSPS) is 50.4. The van der Waals surface area contributed by atoms with Crippen LogP contribution in [0.2, 0.25) is 0 Å². The van der Waals surface area contributed by atoms with Crippen molar-refractivity contribution in [3.63, 3.8) is 0 Å². The van der Waals surface area contributed by atoms with E-state index in [0.29, 0.717) is 18.3 Å². The fraction of sp³-hybridized carbons (Fsp3) is 1.00. The fourth-order valence-corrected chi connectivity index (χ4v) is 5.65. The van der Waals surface area contributed by atoms with Crippen LogP contribution in [0, 0.1) is 28.6 Å². The Morgan fingerprint density at radius 1 is 1.12 bits per heavy atom. The van der Waals surface area contributed by atoms with Crippen molar-refractivity contribution in [1.82, 2.24) is 0 Å². The lowest BCUT2D eigenvalue weighted by molar-refractivity contribution is -0.264. The lowest BCUT2D eigenvalue weighted by Crippen LogP contribution is -2.68. The number of rotatable bonds is 5. The first-order valence-corrected chi connectivity index (χ1v) is 9.70. The van der Waals surface area contributed by atoms with E-state index < -0.39 is 17.8 Å². The minimum Gasteiger partial charge on any atom is -0.396 e. The molecule has 2 aliphatic carbocycles. The van der Waals surface area contributed by atoms with Gasteiger partial charge in [-0.2, -0.15) is 0 Å². The molecule has 0 aromatic carbocycles. The Hall–Kier alpha value is -0.160. The van der Waals surface area contributed by atoms with Gasteiger partial charge in [-0.3, -0.25) is 0 Å². The van der Waals surface area contributed by atoms with Crippen molar-refractivity contribution in [1.29, 1.82) is 0 Å². The number of hydrogen-bond donors (Lipinski definition) is 4. The van der Waals surface area contributed by atoms with Crippen LogP contribution < -0.4 is 0 Å². The summed E-state index contributed by atoms with van der Waals surface area (Å²) in [6.07, 6.45) is 3.45. The standard InChI is InChI=1S/C20H38O4/c1-13(8-11-21)6-9-18(3)14(2)7-10-19(4)16(18)12-15(22)17(23)20(19,5)24/h13-17,21-24H,6-12H2,1-5H3/t13-,14-,15+,16-,17+,18+,19+,20-/m1/s1. The number of fused-ring (bicyclic) bond motifs is 1. The molecule has 0 bridgehead atoms. The van der Waals surface area contributed by atoms with Crippen molar-refractivity contribution in [2.24, 2.45) is 28.6 Å². The van der Waals surface area contributed by atoms with Gasteiger partial charge in [0, 0.05) is 12.0 Å². The first kappa shape index (κ1) is 20.2. The average molecular weight is 343 g/mol. The fourth-order valence-electron chi connectivity index (χ4n) is 5.65. The largest absolute Gasteiger partial charge is 0.396 e. The van der Waals surface area contributed by atoms with Gasteiger partial charge in [-0.1, -0.05) is 34.1 Å². The highest BCUT2D eigenvalue weighted by atomic mass is 16.4. The second-order valence-corrected chi connectivity index (χ2v) is 9.47. The van der Waals surface area contributed by atoms with Gasteiger partial charge in [-0.05, 0) is 62.2 Å². The molecule has 4 nitrogen and oxygen atoms in total. The molecule has 24 heavy (non-hydrogen) atoms. The van der Waals surface area contributed by atoms with Crippen LogP contribution in [0.1, 0.15) is 73.1 Å². The number of hydrogen-bond acceptors (Lipinski definition) is 4. The summed E-state index contributed by atoms with van der Waals surface area (Å²) in [4.78, 5) is 0. The van der Waals surface area contributed by atoms with Crippen LogP contribution in [0.5, 0.6) is 0 Å². The zero-order chi connectivity index (χ0) is 18.3. The van der Waals surface area contributed by atoms with Gasteiger partial charge >= 0.3 is 0 Å². The SMILES string of the molecule is C[C@@H](CCO)CC[C@@]1(C)[C@H](C)CC[C@@]2(C)[C@@H]1C[C@H](O)[C@H](O)[C@@]2(C)O. The molecule has 2 saturated carbocycles. The minimum atomic E-state index is -1.27. The third kappa shape index (κ3) is 3.04. The van der Waals surface area contributed by atoms with E-state index in [-0.39, 0.29) is 23.4 Å². The van der Waals surface area contributed by atoms with Gasteiger partial charge in [-0.25, -0.2) is 0 Å². The zero-order valence-electron chi connectivity index (χ0n) is 16.1. The molecule has 2 rings (SSSR count). The quantitative estimate of drug-likeness (QED) is 0.619. The lowest BCUT2D eigenvalue weighted by atomic mass is 9.42. The Kier molecular flexibility index (Phi) is 5.76. The molecule has 0 amide bonds. The highest BCUT2D eigenvalue weighted by Gasteiger charge is 2.64. The molecule has 0 heterocycles. The molecule has 142 valence electrons. The summed E-state index contributed by atoms with van der Waals surface area (Å²) in [6, 6.07) is 0. The van der Waals surface area contributed by atoms with Crippen LogP contribution in [0.25, 0.3) is 0 Å². The monoisotopic (exact) mass is 342 g/mol. The summed E-state index contributed by atoms with van der Waals surface area (Å²) < 4.78 is 0. The Balaban J connectivity index is 2.30.